The number of carbonyl (C=O) groups excluding carboxylic acids is 1. The Balaban J connectivity index is 1.61. The topological polar surface area (TPSA) is 124 Å². The Morgan fingerprint density at radius 1 is 1.18 bits per heavy atom. The van der Waals surface area contributed by atoms with Crippen LogP contribution in [0.4, 0.5) is 10.2 Å². The normalized spacial score (nSPS) is 12.0. The Labute approximate surface area is 192 Å². The quantitative estimate of drug-likeness (QED) is 0.356. The van der Waals surface area contributed by atoms with Crippen LogP contribution in [0, 0.1) is 5.82 Å². The fourth-order valence-electron chi connectivity index (χ4n) is 2.93. The molecule has 0 radical (unpaired) electrons. The minimum absolute atomic E-state index is 0.00552. The number of aliphatic hydroxyl groups is 1. The van der Waals surface area contributed by atoms with E-state index >= 15 is 0 Å². The first-order chi connectivity index (χ1) is 16.1. The fraction of sp³-hybridized carbons (Fsp3) is 0.190. The van der Waals surface area contributed by atoms with E-state index in [4.69, 9.17) is 26.2 Å². The lowest BCUT2D eigenvalue weighted by Gasteiger charge is -2.18. The molecule has 0 fully saturated rings. The van der Waals surface area contributed by atoms with Gasteiger partial charge in [-0.1, -0.05) is 23.7 Å². The van der Waals surface area contributed by atoms with Crippen molar-refractivity contribution < 1.29 is 23.8 Å². The van der Waals surface area contributed by atoms with Crippen molar-refractivity contribution >= 4 is 34.4 Å². The summed E-state index contributed by atoms with van der Waals surface area (Å²) in [4.78, 5) is 25.0. The number of fused-ring (bicyclic) bond motifs is 1. The molecule has 0 saturated carbocycles. The summed E-state index contributed by atoms with van der Waals surface area (Å²) in [5.74, 6) is -0.905. The molecule has 33 heavy (non-hydrogen) atoms. The number of ether oxygens (including phenoxy) is 2. The number of nitrogens with zero attached hydrogens (tertiary/aromatic N) is 5. The third-order valence-corrected chi connectivity index (χ3v) is 4.76. The van der Waals surface area contributed by atoms with Gasteiger partial charge in [0, 0.05) is 0 Å². The van der Waals surface area contributed by atoms with Crippen molar-refractivity contribution in [3.05, 3.63) is 66.0 Å². The zero-order valence-corrected chi connectivity index (χ0v) is 17.8. The molecule has 0 bridgehead atoms. The smallest absolute Gasteiger partial charge is 0.269 e. The van der Waals surface area contributed by atoms with Gasteiger partial charge in [-0.25, -0.2) is 24.0 Å². The summed E-state index contributed by atoms with van der Waals surface area (Å²) in [6, 6.07) is 9.60. The highest BCUT2D eigenvalue weighted by molar-refractivity contribution is 6.32. The van der Waals surface area contributed by atoms with Gasteiger partial charge in [0.25, 0.3) is 5.91 Å². The molecule has 10 nitrogen and oxygen atoms in total. The number of anilines is 1. The van der Waals surface area contributed by atoms with Crippen LogP contribution in [0.2, 0.25) is 5.02 Å². The number of carbonyl (C=O) groups is 1. The number of hydrogen-bond donors (Lipinski definition) is 2. The lowest BCUT2D eigenvalue weighted by molar-refractivity contribution is -0.125. The maximum Gasteiger partial charge on any atom is 0.269 e. The molecule has 3 heterocycles. The molecule has 1 aromatic carbocycles. The van der Waals surface area contributed by atoms with E-state index in [0.717, 1.165) is 12.3 Å². The average Bonchev–Trinajstić information content (AvgIpc) is 3.25. The summed E-state index contributed by atoms with van der Waals surface area (Å²) in [5, 5.41) is 16.8. The highest BCUT2D eigenvalue weighted by atomic mass is 35.5. The predicted octanol–water partition coefficient (Wildman–Crippen LogP) is 2.40. The molecule has 4 aromatic rings. The maximum absolute atomic E-state index is 13.1. The van der Waals surface area contributed by atoms with Crippen LogP contribution >= 0.6 is 11.6 Å². The molecule has 3 aromatic heterocycles. The first-order valence-corrected chi connectivity index (χ1v) is 10.2. The van der Waals surface area contributed by atoms with Gasteiger partial charge in [-0.2, -0.15) is 5.10 Å². The number of aromatic nitrogens is 5. The summed E-state index contributed by atoms with van der Waals surface area (Å²) in [6.07, 6.45) is 2.59. The molecule has 1 atom stereocenters. The second kappa shape index (κ2) is 10.3. The van der Waals surface area contributed by atoms with Crippen LogP contribution in [-0.4, -0.2) is 61.7 Å². The zero-order valence-electron chi connectivity index (χ0n) is 17.1. The molecule has 0 aliphatic rings. The van der Waals surface area contributed by atoms with E-state index in [1.165, 1.54) is 23.3 Å². The van der Waals surface area contributed by atoms with Crippen LogP contribution in [0.25, 0.3) is 16.7 Å². The Hall–Kier alpha value is -3.67. The van der Waals surface area contributed by atoms with Crippen molar-refractivity contribution in [3.63, 3.8) is 0 Å². The van der Waals surface area contributed by atoms with E-state index in [2.05, 4.69) is 25.4 Å². The number of halogens is 2. The second-order valence-corrected chi connectivity index (χ2v) is 7.09. The summed E-state index contributed by atoms with van der Waals surface area (Å²) in [5.41, 5.74) is 1.03. The third-order valence-electron chi connectivity index (χ3n) is 4.44. The Kier molecular flexibility index (Phi) is 7.03. The summed E-state index contributed by atoms with van der Waals surface area (Å²) >= 11 is 6.28. The van der Waals surface area contributed by atoms with Crippen molar-refractivity contribution in [3.8, 4) is 11.6 Å². The van der Waals surface area contributed by atoms with E-state index in [-0.39, 0.29) is 31.5 Å². The van der Waals surface area contributed by atoms with E-state index < -0.39 is 17.8 Å². The molecule has 12 heteroatoms. The van der Waals surface area contributed by atoms with Crippen LogP contribution in [0.5, 0.6) is 5.88 Å². The van der Waals surface area contributed by atoms with Gasteiger partial charge >= 0.3 is 0 Å². The lowest BCUT2D eigenvalue weighted by atomic mass is 10.3. The number of amides is 1. The molecule has 0 aliphatic heterocycles. The largest absolute Gasteiger partial charge is 0.461 e. The van der Waals surface area contributed by atoms with Crippen molar-refractivity contribution in [2.24, 2.45) is 0 Å². The number of aliphatic hydroxyl groups excluding tert-OH is 1. The van der Waals surface area contributed by atoms with Gasteiger partial charge in [-0.05, 0) is 24.3 Å². The first kappa shape index (κ1) is 22.5. The van der Waals surface area contributed by atoms with Crippen LogP contribution in [-0.2, 0) is 9.53 Å². The van der Waals surface area contributed by atoms with E-state index in [1.54, 1.807) is 18.2 Å². The van der Waals surface area contributed by atoms with E-state index in [9.17, 15) is 9.18 Å². The molecule has 0 spiro atoms. The van der Waals surface area contributed by atoms with Crippen molar-refractivity contribution in [2.45, 2.75) is 6.10 Å². The fourth-order valence-corrected chi connectivity index (χ4v) is 3.14. The van der Waals surface area contributed by atoms with Crippen LogP contribution in [0.1, 0.15) is 0 Å². The molecule has 0 aliphatic carbocycles. The molecular weight excluding hydrogens is 455 g/mol. The molecule has 1 amide bonds. The monoisotopic (exact) mass is 472 g/mol. The van der Waals surface area contributed by atoms with Crippen LogP contribution in [0.3, 0.4) is 0 Å². The molecular formula is C21H18ClFN6O4. The standard InChI is InChI=1S/C21H18ClFN6O4/c22-15-3-1-2-4-16(15)29-19-14(10-27-29)21(26-12-25-19)33-17(11-32-8-7-30)20(31)28-18-6-5-13(23)9-24-18/h1-6,9-10,12,17,30H,7-8,11H2,(H,24,28,31)/t17-/m1/s1. The third kappa shape index (κ3) is 5.22. The number of pyridine rings is 1. The van der Waals surface area contributed by atoms with Crippen LogP contribution in [0.15, 0.2) is 55.1 Å². The van der Waals surface area contributed by atoms with Gasteiger partial charge in [-0.3, -0.25) is 4.79 Å². The van der Waals surface area contributed by atoms with Gasteiger partial charge in [0.15, 0.2) is 5.65 Å². The van der Waals surface area contributed by atoms with E-state index in [0.29, 0.717) is 21.7 Å². The maximum atomic E-state index is 13.1. The minimum atomic E-state index is -1.16. The van der Waals surface area contributed by atoms with Crippen molar-refractivity contribution in [2.75, 3.05) is 25.1 Å². The van der Waals surface area contributed by atoms with Gasteiger partial charge in [0.05, 0.1) is 42.9 Å². The summed E-state index contributed by atoms with van der Waals surface area (Å²) < 4.78 is 25.8. The van der Waals surface area contributed by atoms with Crippen LogP contribution < -0.4 is 10.1 Å². The van der Waals surface area contributed by atoms with Gasteiger partial charge in [0.1, 0.15) is 23.3 Å². The minimum Gasteiger partial charge on any atom is -0.461 e. The van der Waals surface area contributed by atoms with Gasteiger partial charge < -0.3 is 19.9 Å². The Bertz CT molecular complexity index is 1250. The second-order valence-electron chi connectivity index (χ2n) is 6.68. The number of para-hydroxylation sites is 1. The SMILES string of the molecule is O=C(Nc1ccc(F)cn1)[C@@H](COCCO)Oc1ncnc2c1cnn2-c1ccccc1Cl. The number of nitrogens with one attached hydrogen (secondary N) is 1. The molecule has 0 saturated heterocycles. The highest BCUT2D eigenvalue weighted by Gasteiger charge is 2.24. The highest BCUT2D eigenvalue weighted by Crippen LogP contribution is 2.27. The van der Waals surface area contributed by atoms with Crippen molar-refractivity contribution in [1.82, 2.24) is 24.7 Å². The Morgan fingerprint density at radius 2 is 2.03 bits per heavy atom. The number of hydrogen-bond acceptors (Lipinski definition) is 8. The predicted molar refractivity (Wildman–Crippen MR) is 117 cm³/mol. The van der Waals surface area contributed by atoms with E-state index in [1.807, 2.05) is 6.07 Å². The zero-order chi connectivity index (χ0) is 23.2. The Morgan fingerprint density at radius 3 is 2.79 bits per heavy atom. The molecule has 4 rings (SSSR count). The van der Waals surface area contributed by atoms with Gasteiger partial charge in [-0.15, -0.1) is 0 Å². The number of benzene rings is 1. The number of rotatable bonds is 9. The average molecular weight is 473 g/mol. The first-order valence-electron chi connectivity index (χ1n) is 9.78. The summed E-state index contributed by atoms with van der Waals surface area (Å²) in [7, 11) is 0. The van der Waals surface area contributed by atoms with Crippen molar-refractivity contribution in [1.29, 1.82) is 0 Å². The molecule has 170 valence electrons. The summed E-state index contributed by atoms with van der Waals surface area (Å²) in [6.45, 7) is -0.403. The van der Waals surface area contributed by atoms with Gasteiger partial charge in [0.2, 0.25) is 12.0 Å². The lowest BCUT2D eigenvalue weighted by Crippen LogP contribution is -2.37. The molecule has 0 unspecified atom stereocenters. The molecule has 2 N–H and O–H groups in total.